The molecular formula is C16H18N4O2. The van der Waals surface area contributed by atoms with Gasteiger partial charge < -0.3 is 15.5 Å². The van der Waals surface area contributed by atoms with Crippen LogP contribution in [0.4, 0.5) is 11.4 Å². The Morgan fingerprint density at radius 3 is 2.50 bits per heavy atom. The number of nitrogens with zero attached hydrogens (tertiary/aromatic N) is 3. The lowest BCUT2D eigenvalue weighted by atomic mass is 10.0. The first-order valence-corrected chi connectivity index (χ1v) is 6.99. The molecule has 0 aliphatic rings. The molecule has 0 saturated carbocycles. The van der Waals surface area contributed by atoms with E-state index in [4.69, 9.17) is 5.53 Å². The van der Waals surface area contributed by atoms with Gasteiger partial charge in [0.25, 0.3) is 0 Å². The standard InChI is InChI=1S/C16H18N4O2/c17-20-18-10-9-15(21)16(22)12-5-4-8-14(11-12)19-13-6-2-1-3-7-13/h1-8,11,15-16,19,21-22H,9-10H2. The van der Waals surface area contributed by atoms with Gasteiger partial charge in [0.2, 0.25) is 0 Å². The Balaban J connectivity index is 2.05. The monoisotopic (exact) mass is 298 g/mol. The quantitative estimate of drug-likeness (QED) is 0.414. The van der Waals surface area contributed by atoms with E-state index in [2.05, 4.69) is 15.3 Å². The van der Waals surface area contributed by atoms with Crippen LogP contribution in [0.15, 0.2) is 59.7 Å². The molecule has 0 aliphatic carbocycles. The minimum absolute atomic E-state index is 0.149. The average Bonchev–Trinajstić information content (AvgIpc) is 2.55. The minimum Gasteiger partial charge on any atom is -0.390 e. The number of benzene rings is 2. The number of hydrogen-bond donors (Lipinski definition) is 3. The predicted octanol–water partition coefficient (Wildman–Crippen LogP) is 3.52. The van der Waals surface area contributed by atoms with Gasteiger partial charge in [-0.25, -0.2) is 0 Å². The third kappa shape index (κ3) is 4.49. The second-order valence-corrected chi connectivity index (χ2v) is 4.87. The Hall–Kier alpha value is -2.53. The Morgan fingerprint density at radius 1 is 1.05 bits per heavy atom. The summed E-state index contributed by atoms with van der Waals surface area (Å²) in [5, 5.41) is 26.7. The van der Waals surface area contributed by atoms with Crippen LogP contribution in [0.1, 0.15) is 18.1 Å². The van der Waals surface area contributed by atoms with E-state index in [0.29, 0.717) is 5.56 Å². The van der Waals surface area contributed by atoms with Crippen molar-refractivity contribution in [2.24, 2.45) is 5.11 Å². The van der Waals surface area contributed by atoms with Crippen LogP contribution in [-0.2, 0) is 0 Å². The molecule has 0 aromatic heterocycles. The molecule has 0 fully saturated rings. The molecule has 2 aromatic rings. The molecule has 0 amide bonds. The summed E-state index contributed by atoms with van der Waals surface area (Å²) in [6.07, 6.45) is -1.79. The first-order chi connectivity index (χ1) is 10.7. The van der Waals surface area contributed by atoms with Crippen LogP contribution in [0.25, 0.3) is 10.4 Å². The Kier molecular flexibility index (Phi) is 5.80. The van der Waals surface area contributed by atoms with E-state index in [1.165, 1.54) is 0 Å². The van der Waals surface area contributed by atoms with Gasteiger partial charge in [-0.3, -0.25) is 0 Å². The van der Waals surface area contributed by atoms with Crippen molar-refractivity contribution in [1.29, 1.82) is 0 Å². The van der Waals surface area contributed by atoms with Crippen molar-refractivity contribution in [2.45, 2.75) is 18.6 Å². The largest absolute Gasteiger partial charge is 0.390 e. The highest BCUT2D eigenvalue weighted by atomic mass is 16.3. The summed E-state index contributed by atoms with van der Waals surface area (Å²) in [7, 11) is 0. The molecule has 0 heterocycles. The van der Waals surface area contributed by atoms with Gasteiger partial charge >= 0.3 is 0 Å². The molecule has 0 saturated heterocycles. The van der Waals surface area contributed by atoms with Gasteiger partial charge in [0.15, 0.2) is 0 Å². The highest BCUT2D eigenvalue weighted by Gasteiger charge is 2.18. The number of hydrogen-bond acceptors (Lipinski definition) is 4. The molecule has 0 spiro atoms. The zero-order chi connectivity index (χ0) is 15.8. The smallest absolute Gasteiger partial charge is 0.105 e. The van der Waals surface area contributed by atoms with Crippen LogP contribution in [0.3, 0.4) is 0 Å². The molecular weight excluding hydrogens is 280 g/mol. The highest BCUT2D eigenvalue weighted by Crippen LogP contribution is 2.24. The second-order valence-electron chi connectivity index (χ2n) is 4.87. The lowest BCUT2D eigenvalue weighted by molar-refractivity contribution is 0.0151. The summed E-state index contributed by atoms with van der Waals surface area (Å²) >= 11 is 0. The molecule has 2 unspecified atom stereocenters. The molecule has 6 nitrogen and oxygen atoms in total. The van der Waals surface area contributed by atoms with Gasteiger partial charge in [0.1, 0.15) is 6.10 Å². The van der Waals surface area contributed by atoms with Crippen molar-refractivity contribution in [3.8, 4) is 0 Å². The summed E-state index contributed by atoms with van der Waals surface area (Å²) < 4.78 is 0. The van der Waals surface area contributed by atoms with Crippen LogP contribution in [0.2, 0.25) is 0 Å². The van der Waals surface area contributed by atoms with Crippen molar-refractivity contribution < 1.29 is 10.2 Å². The van der Waals surface area contributed by atoms with Gasteiger partial charge in [-0.15, -0.1) is 0 Å². The molecule has 114 valence electrons. The first kappa shape index (κ1) is 15.9. The lowest BCUT2D eigenvalue weighted by Crippen LogP contribution is -2.19. The van der Waals surface area contributed by atoms with E-state index in [9.17, 15) is 10.2 Å². The minimum atomic E-state index is -1.02. The molecule has 2 rings (SSSR count). The third-order valence-electron chi connectivity index (χ3n) is 3.24. The average molecular weight is 298 g/mol. The first-order valence-electron chi connectivity index (χ1n) is 6.99. The molecule has 2 atom stereocenters. The van der Waals surface area contributed by atoms with Crippen molar-refractivity contribution in [1.82, 2.24) is 0 Å². The SMILES string of the molecule is [N-]=[N+]=NCCC(O)C(O)c1cccc(Nc2ccccc2)c1. The molecule has 6 heteroatoms. The summed E-state index contributed by atoms with van der Waals surface area (Å²) in [5.41, 5.74) is 10.6. The zero-order valence-electron chi connectivity index (χ0n) is 12.0. The molecule has 3 N–H and O–H groups in total. The predicted molar refractivity (Wildman–Crippen MR) is 85.8 cm³/mol. The van der Waals surface area contributed by atoms with E-state index in [0.717, 1.165) is 11.4 Å². The van der Waals surface area contributed by atoms with Gasteiger partial charge in [0, 0.05) is 22.8 Å². The lowest BCUT2D eigenvalue weighted by Gasteiger charge is -2.18. The van der Waals surface area contributed by atoms with Gasteiger partial charge in [-0.05, 0) is 41.8 Å². The van der Waals surface area contributed by atoms with E-state index in [1.807, 2.05) is 42.5 Å². The zero-order valence-corrected chi connectivity index (χ0v) is 12.0. The highest BCUT2D eigenvalue weighted by molar-refractivity contribution is 5.60. The van der Waals surface area contributed by atoms with Crippen LogP contribution in [-0.4, -0.2) is 22.9 Å². The number of anilines is 2. The maximum atomic E-state index is 10.2. The van der Waals surface area contributed by atoms with Crippen LogP contribution >= 0.6 is 0 Å². The van der Waals surface area contributed by atoms with Crippen molar-refractivity contribution >= 4 is 11.4 Å². The number of nitrogens with one attached hydrogen (secondary N) is 1. The summed E-state index contributed by atoms with van der Waals surface area (Å²) in [5.74, 6) is 0. The van der Waals surface area contributed by atoms with Gasteiger partial charge in [-0.2, -0.15) is 0 Å². The Bertz CT molecular complexity index is 642. The summed E-state index contributed by atoms with van der Waals surface area (Å²) in [4.78, 5) is 2.62. The van der Waals surface area contributed by atoms with Crippen LogP contribution in [0.5, 0.6) is 0 Å². The summed E-state index contributed by atoms with van der Waals surface area (Å²) in [6.45, 7) is 0.149. The van der Waals surface area contributed by atoms with Gasteiger partial charge in [-0.1, -0.05) is 35.4 Å². The third-order valence-corrected chi connectivity index (χ3v) is 3.24. The fourth-order valence-corrected chi connectivity index (χ4v) is 2.10. The molecule has 0 aliphatic heterocycles. The number of azide groups is 1. The normalized spacial score (nSPS) is 13.0. The number of aliphatic hydroxyl groups is 2. The van der Waals surface area contributed by atoms with Crippen molar-refractivity contribution in [3.63, 3.8) is 0 Å². The molecule has 0 radical (unpaired) electrons. The van der Waals surface area contributed by atoms with E-state index in [-0.39, 0.29) is 13.0 Å². The number of rotatable bonds is 7. The fourth-order valence-electron chi connectivity index (χ4n) is 2.10. The maximum absolute atomic E-state index is 10.2. The fraction of sp³-hybridized carbons (Fsp3) is 0.250. The summed E-state index contributed by atoms with van der Waals surface area (Å²) in [6, 6.07) is 16.9. The van der Waals surface area contributed by atoms with Crippen LogP contribution in [0, 0.1) is 0 Å². The van der Waals surface area contributed by atoms with E-state index >= 15 is 0 Å². The number of aliphatic hydroxyl groups excluding tert-OH is 2. The van der Waals surface area contributed by atoms with Crippen molar-refractivity contribution in [3.05, 3.63) is 70.6 Å². The number of para-hydroxylation sites is 1. The topological polar surface area (TPSA) is 101 Å². The molecule has 0 bridgehead atoms. The van der Waals surface area contributed by atoms with E-state index in [1.54, 1.807) is 12.1 Å². The molecule has 2 aromatic carbocycles. The molecule has 22 heavy (non-hydrogen) atoms. The maximum Gasteiger partial charge on any atom is 0.105 e. The van der Waals surface area contributed by atoms with Crippen LogP contribution < -0.4 is 5.32 Å². The Morgan fingerprint density at radius 2 is 1.77 bits per heavy atom. The van der Waals surface area contributed by atoms with Gasteiger partial charge in [0.05, 0.1) is 6.10 Å². The Labute approximate surface area is 128 Å². The second kappa shape index (κ2) is 8.05. The van der Waals surface area contributed by atoms with E-state index < -0.39 is 12.2 Å². The van der Waals surface area contributed by atoms with Crippen molar-refractivity contribution in [2.75, 3.05) is 11.9 Å².